The number of carbonyl (C=O) groups is 2. The third-order valence-corrected chi connectivity index (χ3v) is 6.11. The molecule has 1 amide bonds. The molecule has 0 aliphatic carbocycles. The summed E-state index contributed by atoms with van der Waals surface area (Å²) in [6, 6.07) is -0.824. The van der Waals surface area contributed by atoms with E-state index < -0.39 is 42.2 Å². The van der Waals surface area contributed by atoms with Gasteiger partial charge in [0.15, 0.2) is 12.0 Å². The molecule has 12 nitrogen and oxygen atoms in total. The summed E-state index contributed by atoms with van der Waals surface area (Å²) in [7, 11) is 0. The summed E-state index contributed by atoms with van der Waals surface area (Å²) in [5.74, 6) is -1.18. The minimum Gasteiger partial charge on any atom is -0.462 e. The van der Waals surface area contributed by atoms with Crippen molar-refractivity contribution in [1.82, 2.24) is 14.8 Å². The van der Waals surface area contributed by atoms with Crippen LogP contribution in [0.25, 0.3) is 0 Å². The molecule has 1 unspecified atom stereocenters. The van der Waals surface area contributed by atoms with E-state index in [9.17, 15) is 24.6 Å². The summed E-state index contributed by atoms with van der Waals surface area (Å²) in [5.41, 5.74) is 4.95. The van der Waals surface area contributed by atoms with E-state index in [1.54, 1.807) is 0 Å². The molecule has 1 aliphatic rings. The summed E-state index contributed by atoms with van der Waals surface area (Å²) in [5, 5.41) is 27.2. The maximum absolute atomic E-state index is 12.5. The molecule has 2 rings (SSSR count). The highest BCUT2D eigenvalue weighted by molar-refractivity contribution is 5.91. The third-order valence-electron chi connectivity index (χ3n) is 6.11. The van der Waals surface area contributed by atoms with E-state index in [0.29, 0.717) is 6.42 Å². The fraction of sp³-hybridized carbons (Fsp3) is 0.773. The second kappa shape index (κ2) is 12.9. The molecule has 1 saturated heterocycles. The molecule has 0 saturated carbocycles. The van der Waals surface area contributed by atoms with E-state index in [2.05, 4.69) is 15.4 Å². The number of hydrogen-bond donors (Lipinski definition) is 4. The predicted octanol–water partition coefficient (Wildman–Crippen LogP) is 0.329. The SMILES string of the molecule is CCCC(CCC)C(=O)Nc1cnn([C@@H]2O[C@H](COC(=O)[C@@H](N)[C@@H](C)CC)C(O)[C@@H]2O)c(=O)n1. The number of anilines is 1. The molecule has 0 radical (unpaired) electrons. The molecular weight excluding hydrogens is 446 g/mol. The van der Waals surface area contributed by atoms with E-state index in [1.165, 1.54) is 6.20 Å². The Labute approximate surface area is 198 Å². The molecule has 12 heteroatoms. The van der Waals surface area contributed by atoms with Crippen molar-refractivity contribution in [3.63, 3.8) is 0 Å². The largest absolute Gasteiger partial charge is 0.462 e. The quantitative estimate of drug-likeness (QED) is 0.303. The molecule has 6 atom stereocenters. The molecule has 1 aromatic heterocycles. The van der Waals surface area contributed by atoms with Crippen molar-refractivity contribution in [1.29, 1.82) is 0 Å². The van der Waals surface area contributed by atoms with Crippen LogP contribution in [0.15, 0.2) is 11.0 Å². The van der Waals surface area contributed by atoms with Gasteiger partial charge in [-0.1, -0.05) is 47.0 Å². The van der Waals surface area contributed by atoms with Gasteiger partial charge >= 0.3 is 11.7 Å². The minimum absolute atomic E-state index is 0.0130. The molecule has 5 N–H and O–H groups in total. The molecule has 0 spiro atoms. The monoisotopic (exact) mass is 483 g/mol. The summed E-state index contributed by atoms with van der Waals surface area (Å²) in [4.78, 5) is 40.9. The van der Waals surface area contributed by atoms with Crippen LogP contribution in [0.2, 0.25) is 0 Å². The Morgan fingerprint density at radius 2 is 1.88 bits per heavy atom. The van der Waals surface area contributed by atoms with Crippen LogP contribution in [0, 0.1) is 11.8 Å². The van der Waals surface area contributed by atoms with Crippen LogP contribution in [0.3, 0.4) is 0 Å². The number of nitrogens with two attached hydrogens (primary N) is 1. The summed E-state index contributed by atoms with van der Waals surface area (Å²) < 4.78 is 11.5. The molecule has 2 heterocycles. The average Bonchev–Trinajstić information content (AvgIpc) is 3.09. The molecule has 0 aromatic carbocycles. The van der Waals surface area contributed by atoms with E-state index in [1.807, 2.05) is 27.7 Å². The van der Waals surface area contributed by atoms with Gasteiger partial charge in [-0.2, -0.15) is 14.8 Å². The number of aliphatic hydroxyl groups excluding tert-OH is 2. The first kappa shape index (κ1) is 27.8. The van der Waals surface area contributed by atoms with E-state index in [0.717, 1.165) is 30.4 Å². The maximum atomic E-state index is 12.5. The Hall–Kier alpha value is -2.41. The van der Waals surface area contributed by atoms with Crippen LogP contribution < -0.4 is 16.7 Å². The van der Waals surface area contributed by atoms with Crippen LogP contribution in [0.1, 0.15) is 66.0 Å². The highest BCUT2D eigenvalue weighted by atomic mass is 16.6. The fourth-order valence-corrected chi connectivity index (χ4v) is 3.73. The smallest absolute Gasteiger partial charge is 0.368 e. The number of nitrogens with one attached hydrogen (secondary N) is 1. The van der Waals surface area contributed by atoms with Gasteiger partial charge in [-0.15, -0.1) is 0 Å². The van der Waals surface area contributed by atoms with Crippen molar-refractivity contribution < 1.29 is 29.3 Å². The minimum atomic E-state index is -1.52. The Morgan fingerprint density at radius 3 is 2.44 bits per heavy atom. The molecule has 1 aliphatic heterocycles. The number of ether oxygens (including phenoxy) is 2. The first-order chi connectivity index (χ1) is 16.1. The van der Waals surface area contributed by atoms with Crippen molar-refractivity contribution in [2.75, 3.05) is 11.9 Å². The topological polar surface area (TPSA) is 179 Å². The second-order valence-corrected chi connectivity index (χ2v) is 8.72. The molecule has 34 heavy (non-hydrogen) atoms. The van der Waals surface area contributed by atoms with Crippen molar-refractivity contribution >= 4 is 17.7 Å². The lowest BCUT2D eigenvalue weighted by Gasteiger charge is -2.19. The van der Waals surface area contributed by atoms with Gasteiger partial charge in [0, 0.05) is 5.92 Å². The highest BCUT2D eigenvalue weighted by Crippen LogP contribution is 2.28. The number of carbonyl (C=O) groups excluding carboxylic acids is 2. The van der Waals surface area contributed by atoms with Gasteiger partial charge in [0.2, 0.25) is 5.91 Å². The second-order valence-electron chi connectivity index (χ2n) is 8.72. The lowest BCUT2D eigenvalue weighted by Crippen LogP contribution is -2.41. The van der Waals surface area contributed by atoms with Crippen LogP contribution >= 0.6 is 0 Å². The molecule has 1 fully saturated rings. The zero-order valence-electron chi connectivity index (χ0n) is 20.2. The highest BCUT2D eigenvalue weighted by Gasteiger charge is 2.45. The Bertz CT molecular complexity index is 873. The predicted molar refractivity (Wildman–Crippen MR) is 123 cm³/mol. The van der Waals surface area contributed by atoms with Crippen molar-refractivity contribution in [2.45, 2.75) is 90.4 Å². The Balaban J connectivity index is 2.05. The number of nitrogens with zero attached hydrogens (tertiary/aromatic N) is 3. The third kappa shape index (κ3) is 6.81. The zero-order chi connectivity index (χ0) is 25.4. The first-order valence-electron chi connectivity index (χ1n) is 11.8. The lowest BCUT2D eigenvalue weighted by molar-refractivity contribution is -0.153. The average molecular weight is 484 g/mol. The van der Waals surface area contributed by atoms with Crippen LogP contribution in [0.5, 0.6) is 0 Å². The summed E-state index contributed by atoms with van der Waals surface area (Å²) >= 11 is 0. The van der Waals surface area contributed by atoms with Crippen molar-refractivity contribution in [3.8, 4) is 0 Å². The lowest BCUT2D eigenvalue weighted by atomic mass is 9.97. The maximum Gasteiger partial charge on any atom is 0.368 e. The molecular formula is C22H37N5O7. The molecule has 192 valence electrons. The number of hydrogen-bond acceptors (Lipinski definition) is 10. The zero-order valence-corrected chi connectivity index (χ0v) is 20.2. The number of aliphatic hydroxyl groups is 2. The van der Waals surface area contributed by atoms with Gasteiger partial charge in [-0.25, -0.2) is 4.79 Å². The van der Waals surface area contributed by atoms with Gasteiger partial charge < -0.3 is 30.7 Å². The number of aromatic nitrogens is 3. The van der Waals surface area contributed by atoms with Crippen LogP contribution in [-0.4, -0.2) is 67.8 Å². The van der Waals surface area contributed by atoms with Crippen LogP contribution in [-0.2, 0) is 19.1 Å². The number of amides is 1. The number of rotatable bonds is 12. The number of esters is 1. The van der Waals surface area contributed by atoms with E-state index >= 15 is 0 Å². The van der Waals surface area contributed by atoms with Gasteiger partial charge in [-0.05, 0) is 18.8 Å². The Kier molecular flexibility index (Phi) is 10.5. The summed E-state index contributed by atoms with van der Waals surface area (Å²) in [6.45, 7) is 7.34. The summed E-state index contributed by atoms with van der Waals surface area (Å²) in [6.07, 6.45) is -0.381. The van der Waals surface area contributed by atoms with Gasteiger partial charge in [0.05, 0.1) is 6.20 Å². The van der Waals surface area contributed by atoms with Crippen LogP contribution in [0.4, 0.5) is 5.82 Å². The molecule has 0 bridgehead atoms. The molecule has 1 aromatic rings. The van der Waals surface area contributed by atoms with Gasteiger partial charge in [0.25, 0.3) is 0 Å². The first-order valence-corrected chi connectivity index (χ1v) is 11.8. The normalized spacial score (nSPS) is 24.1. The van der Waals surface area contributed by atoms with Crippen molar-refractivity contribution in [2.24, 2.45) is 17.6 Å². The van der Waals surface area contributed by atoms with Crippen molar-refractivity contribution in [3.05, 3.63) is 16.7 Å². The fourth-order valence-electron chi connectivity index (χ4n) is 3.73. The van der Waals surface area contributed by atoms with Gasteiger partial charge in [-0.3, -0.25) is 9.59 Å². The standard InChI is InChI=1S/C22H37N5O7/c1-5-8-13(9-6-2)19(30)25-15-10-24-27(22(32)26-15)20-18(29)17(28)14(34-20)11-33-21(31)16(23)12(4)7-3/h10,12-14,16-18,20,28-29H,5-9,11,23H2,1-4H3,(H,25,26,30,32)/t12-,14+,16-,17?,18-,20+/m0/s1. The van der Waals surface area contributed by atoms with Gasteiger partial charge in [0.1, 0.15) is 31.0 Å². The van der Waals surface area contributed by atoms with E-state index in [-0.39, 0.29) is 30.2 Å². The Morgan fingerprint density at radius 1 is 1.24 bits per heavy atom. The van der Waals surface area contributed by atoms with E-state index in [4.69, 9.17) is 15.2 Å².